The molecule has 0 radical (unpaired) electrons. The summed E-state index contributed by atoms with van der Waals surface area (Å²) in [7, 11) is 0. The number of rotatable bonds is 6. The maximum absolute atomic E-state index is 13.6. The quantitative estimate of drug-likeness (QED) is 0.439. The number of halogens is 1. The van der Waals surface area contributed by atoms with Gasteiger partial charge in [-0.1, -0.05) is 26.0 Å². The van der Waals surface area contributed by atoms with Gasteiger partial charge in [-0.2, -0.15) is 0 Å². The van der Waals surface area contributed by atoms with Crippen LogP contribution in [0.4, 0.5) is 4.39 Å². The van der Waals surface area contributed by atoms with E-state index < -0.39 is 11.5 Å². The second-order valence-corrected chi connectivity index (χ2v) is 10.9. The highest BCUT2D eigenvalue weighted by Crippen LogP contribution is 2.60. The number of aliphatic hydroxyl groups is 1. The Kier molecular flexibility index (Phi) is 7.73. The van der Waals surface area contributed by atoms with Crippen LogP contribution in [-0.2, 0) is 6.54 Å². The van der Waals surface area contributed by atoms with Gasteiger partial charge in [0.1, 0.15) is 22.8 Å². The number of fused-ring (bicyclic) bond motifs is 1. The monoisotopic (exact) mass is 536 g/mol. The van der Waals surface area contributed by atoms with Gasteiger partial charge in [0.05, 0.1) is 11.5 Å². The number of pyridine rings is 2. The number of nitrogens with one attached hydrogen (secondary N) is 1. The van der Waals surface area contributed by atoms with Crippen molar-refractivity contribution in [3.05, 3.63) is 58.3 Å². The average molecular weight is 537 g/mol. The molecule has 3 aliphatic rings. The van der Waals surface area contributed by atoms with Crippen LogP contribution in [0.25, 0.3) is 22.2 Å². The van der Waals surface area contributed by atoms with Crippen molar-refractivity contribution in [1.82, 2.24) is 19.8 Å². The zero-order valence-corrected chi connectivity index (χ0v) is 22.6. The molecule has 8 nitrogen and oxygen atoms in total. The molecule has 1 aromatic carbocycles. The molecule has 1 spiro atoms. The molecular formula is C30H37FN4O4. The molecule has 0 atom stereocenters. The highest BCUT2D eigenvalue weighted by Gasteiger charge is 2.53. The number of aromatic hydroxyl groups is 1. The number of aliphatic hydroxyl groups excluding tert-OH is 1. The lowest BCUT2D eigenvalue weighted by atomic mass is 9.77. The minimum atomic E-state index is -0.568. The van der Waals surface area contributed by atoms with E-state index in [1.807, 2.05) is 13.8 Å². The highest BCUT2D eigenvalue weighted by atomic mass is 19.1. The Morgan fingerprint density at radius 3 is 2.41 bits per heavy atom. The second-order valence-electron chi connectivity index (χ2n) is 10.9. The maximum atomic E-state index is 13.6. The summed E-state index contributed by atoms with van der Waals surface area (Å²) in [6, 6.07) is 7.64. The van der Waals surface area contributed by atoms with Crippen LogP contribution in [-0.4, -0.2) is 62.4 Å². The summed E-state index contributed by atoms with van der Waals surface area (Å²) >= 11 is 0. The third kappa shape index (κ3) is 5.56. The molecule has 0 bridgehead atoms. The zero-order chi connectivity index (χ0) is 27.7. The summed E-state index contributed by atoms with van der Waals surface area (Å²) < 4.78 is 14.9. The van der Waals surface area contributed by atoms with Gasteiger partial charge >= 0.3 is 0 Å². The molecule has 3 N–H and O–H groups in total. The fourth-order valence-electron chi connectivity index (χ4n) is 5.84. The van der Waals surface area contributed by atoms with Crippen LogP contribution in [0.2, 0.25) is 0 Å². The first kappa shape index (κ1) is 27.3. The summed E-state index contributed by atoms with van der Waals surface area (Å²) in [4.78, 5) is 33.5. The number of hydrogen-bond donors (Lipinski definition) is 3. The Hall–Kier alpha value is -3.30. The predicted molar refractivity (Wildman–Crippen MR) is 148 cm³/mol. The van der Waals surface area contributed by atoms with Crippen LogP contribution in [0, 0.1) is 11.2 Å². The van der Waals surface area contributed by atoms with E-state index in [0.29, 0.717) is 53.5 Å². The van der Waals surface area contributed by atoms with Crippen molar-refractivity contribution in [3.63, 3.8) is 0 Å². The fourth-order valence-corrected chi connectivity index (χ4v) is 5.84. The highest BCUT2D eigenvalue weighted by molar-refractivity contribution is 6.02. The van der Waals surface area contributed by atoms with Gasteiger partial charge in [0.2, 0.25) is 0 Å². The molecule has 1 saturated heterocycles. The van der Waals surface area contributed by atoms with E-state index in [9.17, 15) is 24.2 Å². The van der Waals surface area contributed by atoms with Crippen LogP contribution >= 0.6 is 0 Å². The average Bonchev–Trinajstić information content (AvgIpc) is 3.72. The molecular weight excluding hydrogens is 499 g/mol. The van der Waals surface area contributed by atoms with Gasteiger partial charge in [-0.3, -0.25) is 14.2 Å². The summed E-state index contributed by atoms with van der Waals surface area (Å²) in [5.41, 5.74) is 1.19. The molecule has 6 rings (SSSR count). The van der Waals surface area contributed by atoms with Crippen LogP contribution in [0.3, 0.4) is 0 Å². The third-order valence-electron chi connectivity index (χ3n) is 8.33. The van der Waals surface area contributed by atoms with E-state index in [-0.39, 0.29) is 29.3 Å². The van der Waals surface area contributed by atoms with Crippen LogP contribution in [0.5, 0.6) is 5.75 Å². The fraction of sp³-hybridized carbons (Fsp3) is 0.500. The van der Waals surface area contributed by atoms with Crippen LogP contribution in [0.1, 0.15) is 62.7 Å². The van der Waals surface area contributed by atoms with Crippen molar-refractivity contribution >= 4 is 16.9 Å². The number of piperidine rings is 1. The van der Waals surface area contributed by atoms with Gasteiger partial charge in [-0.25, -0.2) is 9.37 Å². The molecule has 3 fully saturated rings. The smallest absolute Gasteiger partial charge is 0.268 e. The van der Waals surface area contributed by atoms with Gasteiger partial charge in [-0.15, -0.1) is 0 Å². The SMILES string of the molecule is CC.O=C(NC1CC2(CC2)C1)c1c(O)c2cc(-c3ccc(F)cc3)cnc2n(CCN2CCC(O)CC2)c1=O. The summed E-state index contributed by atoms with van der Waals surface area (Å²) in [6.45, 7) is 6.30. The number of carbonyl (C=O) groups excluding carboxylic acids is 1. The summed E-state index contributed by atoms with van der Waals surface area (Å²) in [5, 5.41) is 24.3. The minimum Gasteiger partial charge on any atom is -0.506 e. The standard InChI is InChI=1S/C28H31FN4O4.C2H6/c29-19-3-1-17(2-4-19)18-13-22-24(35)23(26(36)31-20-14-28(15-20)7-8-28)27(37)33(25(22)30-16-18)12-11-32-9-5-21(34)6-10-32;1-2/h1-4,13,16,20-21,34-35H,5-12,14-15H2,(H,31,36);1-2H3. The number of aromatic nitrogens is 2. The molecule has 39 heavy (non-hydrogen) atoms. The molecule has 1 amide bonds. The lowest BCUT2D eigenvalue weighted by Crippen LogP contribution is -2.47. The molecule has 1 aliphatic heterocycles. The first-order chi connectivity index (χ1) is 18.8. The van der Waals surface area contributed by atoms with Gasteiger partial charge in [-0.05, 0) is 67.7 Å². The molecule has 3 aromatic rings. The van der Waals surface area contributed by atoms with Crippen molar-refractivity contribution < 1.29 is 19.4 Å². The molecule has 0 unspecified atom stereocenters. The first-order valence-electron chi connectivity index (χ1n) is 14.0. The van der Waals surface area contributed by atoms with Crippen molar-refractivity contribution in [1.29, 1.82) is 0 Å². The van der Waals surface area contributed by atoms with Gasteiger partial charge in [0, 0.05) is 44.0 Å². The van der Waals surface area contributed by atoms with E-state index in [1.165, 1.54) is 29.5 Å². The zero-order valence-electron chi connectivity index (χ0n) is 22.6. The molecule has 3 heterocycles. The van der Waals surface area contributed by atoms with Crippen molar-refractivity contribution in [3.8, 4) is 16.9 Å². The number of likely N-dealkylation sites (tertiary alicyclic amines) is 1. The minimum absolute atomic E-state index is 0.0152. The van der Waals surface area contributed by atoms with Gasteiger partial charge < -0.3 is 20.4 Å². The Morgan fingerprint density at radius 2 is 1.77 bits per heavy atom. The largest absolute Gasteiger partial charge is 0.506 e. The molecule has 9 heteroatoms. The summed E-state index contributed by atoms with van der Waals surface area (Å²) in [6.07, 6.45) is 6.87. The van der Waals surface area contributed by atoms with E-state index >= 15 is 0 Å². The van der Waals surface area contributed by atoms with Crippen LogP contribution < -0.4 is 10.9 Å². The Bertz CT molecular complexity index is 1400. The van der Waals surface area contributed by atoms with Gasteiger partial charge in [0.15, 0.2) is 0 Å². The number of carbonyl (C=O) groups is 1. The number of benzene rings is 1. The van der Waals surface area contributed by atoms with Crippen molar-refractivity contribution in [2.24, 2.45) is 5.41 Å². The number of amides is 1. The Labute approximate surface area is 227 Å². The topological polar surface area (TPSA) is 108 Å². The van der Waals surface area contributed by atoms with E-state index in [1.54, 1.807) is 24.4 Å². The van der Waals surface area contributed by atoms with Crippen molar-refractivity contribution in [2.45, 2.75) is 71.1 Å². The lowest BCUT2D eigenvalue weighted by molar-refractivity contribution is 0.0807. The normalized spacial score (nSPS) is 18.9. The number of hydrogen-bond acceptors (Lipinski definition) is 6. The summed E-state index contributed by atoms with van der Waals surface area (Å²) in [5.74, 6) is -1.30. The van der Waals surface area contributed by atoms with E-state index in [4.69, 9.17) is 0 Å². The molecule has 2 aromatic heterocycles. The lowest BCUT2D eigenvalue weighted by Gasteiger charge is -2.36. The molecule has 2 aliphatic carbocycles. The maximum Gasteiger partial charge on any atom is 0.268 e. The third-order valence-corrected chi connectivity index (χ3v) is 8.33. The molecule has 2 saturated carbocycles. The second kappa shape index (κ2) is 11.1. The van der Waals surface area contributed by atoms with E-state index in [0.717, 1.165) is 25.9 Å². The predicted octanol–water partition coefficient (Wildman–Crippen LogP) is 4.06. The van der Waals surface area contributed by atoms with Gasteiger partial charge in [0.25, 0.3) is 11.5 Å². The van der Waals surface area contributed by atoms with Crippen LogP contribution in [0.15, 0.2) is 41.3 Å². The van der Waals surface area contributed by atoms with Crippen molar-refractivity contribution in [2.75, 3.05) is 19.6 Å². The Morgan fingerprint density at radius 1 is 1.10 bits per heavy atom. The Balaban J connectivity index is 0.00000151. The number of nitrogens with zero attached hydrogens (tertiary/aromatic N) is 3. The van der Waals surface area contributed by atoms with E-state index in [2.05, 4.69) is 15.2 Å². The molecule has 208 valence electrons. The first-order valence-corrected chi connectivity index (χ1v) is 14.0.